The molecule has 2 rings (SSSR count). The van der Waals surface area contributed by atoms with Gasteiger partial charge in [-0.3, -0.25) is 0 Å². The number of nitrogens with two attached hydrogens (primary N) is 1. The third-order valence-electron chi connectivity index (χ3n) is 1.87. The van der Waals surface area contributed by atoms with Crippen molar-refractivity contribution >= 4 is 28.3 Å². The number of rotatable bonds is 0. The Kier molecular flexibility index (Phi) is 2.48. The van der Waals surface area contributed by atoms with Crippen LogP contribution in [0.5, 0.6) is 11.5 Å². The van der Waals surface area contributed by atoms with Crippen LogP contribution in [-0.2, 0) is 0 Å². The molecule has 1 aromatic carbocycles. The largest absolute Gasteiger partial charge is 0.490 e. The molecule has 3 nitrogen and oxygen atoms in total. The van der Waals surface area contributed by atoms with Crippen LogP contribution in [0, 0.1) is 3.57 Å². The molecule has 0 aromatic heterocycles. The van der Waals surface area contributed by atoms with Crippen molar-refractivity contribution in [2.75, 3.05) is 18.9 Å². The van der Waals surface area contributed by atoms with Gasteiger partial charge in [-0.2, -0.15) is 0 Å². The molecule has 0 amide bonds. The molecule has 0 unspecified atom stereocenters. The molecule has 4 heteroatoms. The van der Waals surface area contributed by atoms with E-state index in [1.807, 2.05) is 12.1 Å². The Morgan fingerprint density at radius 2 is 1.77 bits per heavy atom. The zero-order valence-corrected chi connectivity index (χ0v) is 9.21. The number of halogens is 1. The third kappa shape index (κ3) is 1.82. The number of benzene rings is 1. The summed E-state index contributed by atoms with van der Waals surface area (Å²) in [6, 6.07) is 3.74. The van der Waals surface area contributed by atoms with Crippen molar-refractivity contribution in [1.29, 1.82) is 0 Å². The van der Waals surface area contributed by atoms with E-state index in [-0.39, 0.29) is 0 Å². The fourth-order valence-corrected chi connectivity index (χ4v) is 1.64. The summed E-state index contributed by atoms with van der Waals surface area (Å²) < 4.78 is 12.0. The van der Waals surface area contributed by atoms with E-state index in [9.17, 15) is 0 Å². The lowest BCUT2D eigenvalue weighted by atomic mass is 10.3. The number of fused-ring (bicyclic) bond motifs is 1. The Morgan fingerprint density at radius 3 is 2.46 bits per heavy atom. The Hall–Kier alpha value is -0.650. The number of hydrogen-bond acceptors (Lipinski definition) is 3. The van der Waals surface area contributed by atoms with Crippen LogP contribution in [0.4, 0.5) is 5.69 Å². The first-order chi connectivity index (χ1) is 6.27. The first-order valence-corrected chi connectivity index (χ1v) is 5.20. The average molecular weight is 291 g/mol. The molecule has 0 radical (unpaired) electrons. The molecule has 0 aliphatic carbocycles. The van der Waals surface area contributed by atoms with E-state index in [0.29, 0.717) is 13.2 Å². The van der Waals surface area contributed by atoms with Gasteiger partial charge in [0.1, 0.15) is 0 Å². The lowest BCUT2D eigenvalue weighted by Crippen LogP contribution is -1.97. The van der Waals surface area contributed by atoms with E-state index >= 15 is 0 Å². The molecular weight excluding hydrogens is 281 g/mol. The van der Waals surface area contributed by atoms with Gasteiger partial charge in [0.15, 0.2) is 11.5 Å². The van der Waals surface area contributed by atoms with Crippen molar-refractivity contribution in [3.63, 3.8) is 0 Å². The Bertz CT molecular complexity index is 297. The molecule has 0 bridgehead atoms. The Labute approximate surface area is 90.3 Å². The maximum Gasteiger partial charge on any atom is 0.163 e. The molecule has 1 aromatic rings. The van der Waals surface area contributed by atoms with Gasteiger partial charge in [0.25, 0.3) is 0 Å². The molecule has 2 N–H and O–H groups in total. The van der Waals surface area contributed by atoms with Crippen LogP contribution in [0.1, 0.15) is 6.42 Å². The fourth-order valence-electron chi connectivity index (χ4n) is 1.20. The van der Waals surface area contributed by atoms with E-state index in [1.54, 1.807) is 0 Å². The van der Waals surface area contributed by atoms with E-state index in [0.717, 1.165) is 27.2 Å². The minimum atomic E-state index is 0.701. The van der Waals surface area contributed by atoms with Crippen molar-refractivity contribution < 1.29 is 9.47 Å². The first-order valence-electron chi connectivity index (χ1n) is 4.12. The number of nitrogen functional groups attached to an aromatic ring is 1. The topological polar surface area (TPSA) is 44.5 Å². The Morgan fingerprint density at radius 1 is 1.15 bits per heavy atom. The van der Waals surface area contributed by atoms with Gasteiger partial charge in [-0.05, 0) is 28.7 Å². The molecule has 0 fully saturated rings. The van der Waals surface area contributed by atoms with E-state index in [1.165, 1.54) is 0 Å². The highest BCUT2D eigenvalue weighted by atomic mass is 127. The van der Waals surface area contributed by atoms with Crippen LogP contribution in [0.3, 0.4) is 0 Å². The van der Waals surface area contributed by atoms with Crippen LogP contribution in [0.15, 0.2) is 12.1 Å². The summed E-state index contributed by atoms with van der Waals surface area (Å²) in [5.41, 5.74) is 6.49. The summed E-state index contributed by atoms with van der Waals surface area (Å²) >= 11 is 2.18. The van der Waals surface area contributed by atoms with Crippen LogP contribution < -0.4 is 15.2 Å². The van der Waals surface area contributed by atoms with Gasteiger partial charge in [0, 0.05) is 21.7 Å². The molecule has 0 saturated heterocycles. The van der Waals surface area contributed by atoms with E-state index in [2.05, 4.69) is 22.6 Å². The monoisotopic (exact) mass is 291 g/mol. The molecule has 1 aliphatic rings. The molecule has 70 valence electrons. The summed E-state index contributed by atoms with van der Waals surface area (Å²) in [6.45, 7) is 1.42. The van der Waals surface area contributed by atoms with Crippen LogP contribution in [0.2, 0.25) is 0 Å². The highest BCUT2D eigenvalue weighted by Crippen LogP contribution is 2.34. The van der Waals surface area contributed by atoms with Gasteiger partial charge in [-0.15, -0.1) is 0 Å². The van der Waals surface area contributed by atoms with Gasteiger partial charge >= 0.3 is 0 Å². The van der Waals surface area contributed by atoms with Gasteiger partial charge in [0.05, 0.1) is 13.2 Å². The second-order valence-electron chi connectivity index (χ2n) is 2.87. The SMILES string of the molecule is Nc1cc2c(cc1I)OCCCO2. The summed E-state index contributed by atoms with van der Waals surface area (Å²) in [4.78, 5) is 0. The van der Waals surface area contributed by atoms with Crippen molar-refractivity contribution in [3.8, 4) is 11.5 Å². The minimum Gasteiger partial charge on any atom is -0.490 e. The zero-order chi connectivity index (χ0) is 9.26. The van der Waals surface area contributed by atoms with Crippen LogP contribution >= 0.6 is 22.6 Å². The van der Waals surface area contributed by atoms with Crippen molar-refractivity contribution in [1.82, 2.24) is 0 Å². The van der Waals surface area contributed by atoms with Gasteiger partial charge < -0.3 is 15.2 Å². The molecule has 0 atom stereocenters. The quantitative estimate of drug-likeness (QED) is 0.587. The second kappa shape index (κ2) is 3.61. The van der Waals surface area contributed by atoms with Crippen LogP contribution in [-0.4, -0.2) is 13.2 Å². The summed E-state index contributed by atoms with van der Waals surface area (Å²) in [6.07, 6.45) is 0.922. The number of hydrogen-bond donors (Lipinski definition) is 1. The maximum absolute atomic E-state index is 5.75. The minimum absolute atomic E-state index is 0.701. The normalized spacial score (nSPS) is 15.2. The Balaban J connectivity index is 2.43. The van der Waals surface area contributed by atoms with E-state index < -0.39 is 0 Å². The number of anilines is 1. The van der Waals surface area contributed by atoms with Gasteiger partial charge in [-0.25, -0.2) is 0 Å². The molecule has 0 saturated carbocycles. The maximum atomic E-state index is 5.75. The lowest BCUT2D eigenvalue weighted by molar-refractivity contribution is 0.297. The van der Waals surface area contributed by atoms with Gasteiger partial charge in [-0.1, -0.05) is 0 Å². The lowest BCUT2D eigenvalue weighted by Gasteiger charge is -2.08. The van der Waals surface area contributed by atoms with Crippen LogP contribution in [0.25, 0.3) is 0 Å². The first kappa shape index (κ1) is 8.93. The fraction of sp³-hybridized carbons (Fsp3) is 0.333. The highest BCUT2D eigenvalue weighted by Gasteiger charge is 2.11. The predicted molar refractivity (Wildman–Crippen MR) is 59.2 cm³/mol. The average Bonchev–Trinajstić information content (AvgIpc) is 2.31. The molecule has 1 heterocycles. The predicted octanol–water partition coefficient (Wildman–Crippen LogP) is 2.03. The zero-order valence-electron chi connectivity index (χ0n) is 7.05. The van der Waals surface area contributed by atoms with E-state index in [4.69, 9.17) is 15.2 Å². The summed E-state index contributed by atoms with van der Waals surface area (Å²) in [7, 11) is 0. The molecular formula is C9H10INO2. The molecule has 1 aliphatic heterocycles. The van der Waals surface area contributed by atoms with Crippen molar-refractivity contribution in [3.05, 3.63) is 15.7 Å². The van der Waals surface area contributed by atoms with Crippen molar-refractivity contribution in [2.24, 2.45) is 0 Å². The summed E-state index contributed by atoms with van der Waals surface area (Å²) in [5.74, 6) is 1.56. The number of ether oxygens (including phenoxy) is 2. The highest BCUT2D eigenvalue weighted by molar-refractivity contribution is 14.1. The smallest absolute Gasteiger partial charge is 0.163 e. The summed E-state index contributed by atoms with van der Waals surface area (Å²) in [5, 5.41) is 0. The molecule has 13 heavy (non-hydrogen) atoms. The molecule has 0 spiro atoms. The van der Waals surface area contributed by atoms with Gasteiger partial charge in [0.2, 0.25) is 0 Å². The standard InChI is InChI=1S/C9H10INO2/c10-6-4-8-9(5-7(6)11)13-3-1-2-12-8/h4-5H,1-3,11H2. The van der Waals surface area contributed by atoms with Crippen molar-refractivity contribution in [2.45, 2.75) is 6.42 Å². The second-order valence-corrected chi connectivity index (χ2v) is 4.03. The third-order valence-corrected chi connectivity index (χ3v) is 2.80.